The molecule has 1 fully saturated rings. The van der Waals surface area contributed by atoms with Crippen LogP contribution in [0.25, 0.3) is 0 Å². The van der Waals surface area contributed by atoms with Crippen molar-refractivity contribution in [3.8, 4) is 0 Å². The van der Waals surface area contributed by atoms with Gasteiger partial charge < -0.3 is 0 Å². The fourth-order valence-electron chi connectivity index (χ4n) is 2.85. The van der Waals surface area contributed by atoms with Gasteiger partial charge in [0.05, 0.1) is 4.90 Å². The van der Waals surface area contributed by atoms with Crippen molar-refractivity contribution in [1.29, 1.82) is 0 Å². The van der Waals surface area contributed by atoms with Crippen LogP contribution in [0.5, 0.6) is 0 Å². The van der Waals surface area contributed by atoms with Gasteiger partial charge in [0.25, 0.3) is 0 Å². The lowest BCUT2D eigenvalue weighted by molar-refractivity contribution is 0.101. The van der Waals surface area contributed by atoms with Gasteiger partial charge in [-0.15, -0.1) is 0 Å². The minimum absolute atomic E-state index is 0.0243. The van der Waals surface area contributed by atoms with Gasteiger partial charge in [-0.2, -0.15) is 4.31 Å². The van der Waals surface area contributed by atoms with Crippen LogP contribution in [0.1, 0.15) is 50.4 Å². The summed E-state index contributed by atoms with van der Waals surface area (Å²) in [5, 5.41) is 0. The highest BCUT2D eigenvalue weighted by Gasteiger charge is 2.35. The Morgan fingerprint density at radius 3 is 2.05 bits per heavy atom. The number of carbonyl (C=O) groups is 1. The Labute approximate surface area is 120 Å². The van der Waals surface area contributed by atoms with Crippen LogP contribution in [0.3, 0.4) is 0 Å². The molecule has 0 saturated carbocycles. The van der Waals surface area contributed by atoms with E-state index in [1.165, 1.54) is 19.1 Å². The van der Waals surface area contributed by atoms with Crippen molar-refractivity contribution in [1.82, 2.24) is 4.31 Å². The summed E-state index contributed by atoms with van der Waals surface area (Å²) >= 11 is 0. The molecule has 0 aromatic heterocycles. The fraction of sp³-hybridized carbons (Fsp3) is 0.533. The number of rotatable bonds is 3. The summed E-state index contributed by atoms with van der Waals surface area (Å²) < 4.78 is 27.1. The van der Waals surface area contributed by atoms with E-state index in [1.54, 1.807) is 16.4 Å². The fourth-order valence-corrected chi connectivity index (χ4v) is 4.74. The molecule has 0 bridgehead atoms. The van der Waals surface area contributed by atoms with Gasteiger partial charge in [0, 0.05) is 17.6 Å². The van der Waals surface area contributed by atoms with Crippen LogP contribution in [0.2, 0.25) is 0 Å². The molecule has 0 unspecified atom stereocenters. The molecule has 0 aliphatic carbocycles. The van der Waals surface area contributed by atoms with E-state index >= 15 is 0 Å². The molecule has 20 heavy (non-hydrogen) atoms. The largest absolute Gasteiger partial charge is 0.295 e. The highest BCUT2D eigenvalue weighted by Crippen LogP contribution is 2.29. The van der Waals surface area contributed by atoms with Crippen LogP contribution in [0.15, 0.2) is 29.2 Å². The van der Waals surface area contributed by atoms with E-state index in [4.69, 9.17) is 0 Å². The Hall–Kier alpha value is -1.20. The van der Waals surface area contributed by atoms with Gasteiger partial charge in [-0.1, -0.05) is 18.6 Å². The van der Waals surface area contributed by atoms with Gasteiger partial charge in [-0.3, -0.25) is 4.79 Å². The Kier molecular flexibility index (Phi) is 4.30. The standard InChI is InChI=1S/C15H21NO3S/c1-11-5-4-6-12(2)16(11)20(18,19)15-9-7-14(8-10-15)13(3)17/h7-12H,4-6H2,1-3H3/t11-,12-/m0/s1. The van der Waals surface area contributed by atoms with E-state index in [2.05, 4.69) is 0 Å². The molecule has 1 saturated heterocycles. The Morgan fingerprint density at radius 1 is 1.10 bits per heavy atom. The number of piperidine rings is 1. The van der Waals surface area contributed by atoms with Crippen LogP contribution in [-0.4, -0.2) is 30.6 Å². The van der Waals surface area contributed by atoms with E-state index in [1.807, 2.05) is 13.8 Å². The van der Waals surface area contributed by atoms with E-state index in [-0.39, 0.29) is 22.8 Å². The summed E-state index contributed by atoms with van der Waals surface area (Å²) in [6, 6.07) is 6.26. The topological polar surface area (TPSA) is 54.5 Å². The van der Waals surface area contributed by atoms with Crippen LogP contribution in [0, 0.1) is 0 Å². The Bertz CT molecular complexity index is 582. The van der Waals surface area contributed by atoms with E-state index in [0.717, 1.165) is 19.3 Å². The van der Waals surface area contributed by atoms with Crippen molar-refractivity contribution < 1.29 is 13.2 Å². The Morgan fingerprint density at radius 2 is 1.60 bits per heavy atom. The summed E-state index contributed by atoms with van der Waals surface area (Å²) in [5.74, 6) is -0.0614. The predicted molar refractivity (Wildman–Crippen MR) is 78.2 cm³/mol. The molecular weight excluding hydrogens is 274 g/mol. The average molecular weight is 295 g/mol. The quantitative estimate of drug-likeness (QED) is 0.806. The molecule has 1 aromatic carbocycles. The maximum atomic E-state index is 12.7. The zero-order chi connectivity index (χ0) is 14.9. The average Bonchev–Trinajstić information content (AvgIpc) is 2.38. The predicted octanol–water partition coefficient (Wildman–Crippen LogP) is 2.84. The third kappa shape index (κ3) is 2.79. The highest BCUT2D eigenvalue weighted by atomic mass is 32.2. The van der Waals surface area contributed by atoms with Crippen molar-refractivity contribution in [3.05, 3.63) is 29.8 Å². The molecule has 0 spiro atoms. The van der Waals surface area contributed by atoms with Gasteiger partial charge in [0.1, 0.15) is 0 Å². The highest BCUT2D eigenvalue weighted by molar-refractivity contribution is 7.89. The second-order valence-electron chi connectivity index (χ2n) is 5.54. The zero-order valence-electron chi connectivity index (χ0n) is 12.2. The monoisotopic (exact) mass is 295 g/mol. The maximum absolute atomic E-state index is 12.7. The molecule has 4 nitrogen and oxygen atoms in total. The third-order valence-electron chi connectivity index (χ3n) is 3.95. The first-order chi connectivity index (χ1) is 9.34. The van der Waals surface area contributed by atoms with Crippen LogP contribution in [-0.2, 0) is 10.0 Å². The van der Waals surface area contributed by atoms with Gasteiger partial charge in [-0.05, 0) is 45.7 Å². The molecule has 0 radical (unpaired) electrons. The second kappa shape index (κ2) is 5.66. The van der Waals surface area contributed by atoms with Crippen LogP contribution in [0.4, 0.5) is 0 Å². The number of sulfonamides is 1. The first-order valence-corrected chi connectivity index (χ1v) is 8.42. The number of hydrogen-bond donors (Lipinski definition) is 0. The molecular formula is C15H21NO3S. The molecule has 0 N–H and O–H groups in total. The van der Waals surface area contributed by atoms with Crippen molar-refractivity contribution in [3.63, 3.8) is 0 Å². The van der Waals surface area contributed by atoms with E-state index in [9.17, 15) is 13.2 Å². The van der Waals surface area contributed by atoms with Crippen molar-refractivity contribution >= 4 is 15.8 Å². The Balaban J connectivity index is 2.36. The lowest BCUT2D eigenvalue weighted by Gasteiger charge is -2.37. The summed E-state index contributed by atoms with van der Waals surface area (Å²) in [5.41, 5.74) is 0.531. The molecule has 2 atom stereocenters. The molecule has 0 amide bonds. The molecule has 1 aliphatic rings. The normalized spacial score (nSPS) is 24.6. The summed E-state index contributed by atoms with van der Waals surface area (Å²) in [7, 11) is -3.48. The molecule has 5 heteroatoms. The number of carbonyl (C=O) groups excluding carboxylic acids is 1. The van der Waals surface area contributed by atoms with Gasteiger partial charge in [0.2, 0.25) is 10.0 Å². The van der Waals surface area contributed by atoms with Crippen molar-refractivity contribution in [2.75, 3.05) is 0 Å². The first kappa shape index (κ1) is 15.2. The second-order valence-corrected chi connectivity index (χ2v) is 7.39. The number of hydrogen-bond acceptors (Lipinski definition) is 3. The van der Waals surface area contributed by atoms with Gasteiger partial charge >= 0.3 is 0 Å². The molecule has 2 rings (SSSR count). The lowest BCUT2D eigenvalue weighted by Crippen LogP contribution is -2.47. The minimum atomic E-state index is -3.48. The van der Waals surface area contributed by atoms with Crippen molar-refractivity contribution in [2.45, 2.75) is 57.0 Å². The molecule has 110 valence electrons. The summed E-state index contributed by atoms with van der Waals surface area (Å²) in [6.45, 7) is 5.38. The van der Waals surface area contributed by atoms with E-state index in [0.29, 0.717) is 5.56 Å². The molecule has 1 aromatic rings. The molecule has 1 aliphatic heterocycles. The summed E-state index contributed by atoms with van der Waals surface area (Å²) in [4.78, 5) is 11.5. The zero-order valence-corrected chi connectivity index (χ0v) is 13.0. The van der Waals surface area contributed by atoms with Crippen molar-refractivity contribution in [2.24, 2.45) is 0 Å². The third-order valence-corrected chi connectivity index (χ3v) is 6.09. The number of Topliss-reactive ketones (excluding diaryl/α,β-unsaturated/α-hetero) is 1. The smallest absolute Gasteiger partial charge is 0.243 e. The maximum Gasteiger partial charge on any atom is 0.243 e. The van der Waals surface area contributed by atoms with Crippen LogP contribution >= 0.6 is 0 Å². The van der Waals surface area contributed by atoms with E-state index < -0.39 is 10.0 Å². The SMILES string of the molecule is CC(=O)c1ccc(S(=O)(=O)N2[C@@H](C)CCC[C@@H]2C)cc1. The molecule has 1 heterocycles. The summed E-state index contributed by atoms with van der Waals surface area (Å²) in [6.07, 6.45) is 2.86. The minimum Gasteiger partial charge on any atom is -0.295 e. The number of benzene rings is 1. The van der Waals surface area contributed by atoms with Crippen LogP contribution < -0.4 is 0 Å². The van der Waals surface area contributed by atoms with Gasteiger partial charge in [0.15, 0.2) is 5.78 Å². The first-order valence-electron chi connectivity index (χ1n) is 6.98. The number of ketones is 1. The van der Waals surface area contributed by atoms with Gasteiger partial charge in [-0.25, -0.2) is 8.42 Å². The number of nitrogens with zero attached hydrogens (tertiary/aromatic N) is 1. The lowest BCUT2D eigenvalue weighted by atomic mass is 10.0.